The van der Waals surface area contributed by atoms with Crippen molar-refractivity contribution in [2.45, 2.75) is 38.6 Å². The average Bonchev–Trinajstić information content (AvgIpc) is 2.95. The summed E-state index contributed by atoms with van der Waals surface area (Å²) in [6.45, 7) is 4.29. The zero-order valence-electron chi connectivity index (χ0n) is 14.4. The van der Waals surface area contributed by atoms with Crippen LogP contribution in [0.25, 0.3) is 0 Å². The molecule has 2 amide bonds. The number of fused-ring (bicyclic) bond motifs is 1. The number of carbonyl (C=O) groups is 2. The average molecular weight is 335 g/mol. The van der Waals surface area contributed by atoms with Crippen LogP contribution in [-0.2, 0) is 9.53 Å². The second-order valence-corrected chi connectivity index (χ2v) is 6.67. The van der Waals surface area contributed by atoms with Crippen LogP contribution in [-0.4, -0.2) is 66.2 Å². The van der Waals surface area contributed by atoms with Gasteiger partial charge in [-0.25, -0.2) is 0 Å². The second kappa shape index (κ2) is 7.34. The number of piperidine rings is 1. The first-order valence-electron chi connectivity index (χ1n) is 8.61. The zero-order chi connectivity index (χ0) is 17.1. The van der Waals surface area contributed by atoms with E-state index >= 15 is 0 Å². The fourth-order valence-corrected chi connectivity index (χ4v) is 3.84. The van der Waals surface area contributed by atoms with Crippen LogP contribution >= 0.6 is 0 Å². The number of amides is 2. The van der Waals surface area contributed by atoms with Crippen LogP contribution in [0.15, 0.2) is 10.6 Å². The molecule has 0 aliphatic carbocycles. The topological polar surface area (TPSA) is 75.9 Å². The highest BCUT2D eigenvalue weighted by Gasteiger charge is 2.39. The minimum Gasteiger partial charge on any atom is -0.383 e. The van der Waals surface area contributed by atoms with Gasteiger partial charge in [-0.3, -0.25) is 9.59 Å². The second-order valence-electron chi connectivity index (χ2n) is 6.67. The van der Waals surface area contributed by atoms with Gasteiger partial charge in [0.1, 0.15) is 0 Å². The third kappa shape index (κ3) is 3.45. The molecule has 7 heteroatoms. The molecule has 1 aromatic heterocycles. The number of rotatable bonds is 4. The Morgan fingerprint density at radius 2 is 2.29 bits per heavy atom. The number of ether oxygens (including phenoxy) is 1. The standard InChI is InChI=1S/C17H25N3O4/c1-12-10-15(24-18-12)17(22)19-7-6-14-13(11-19)4-3-5-16(21)20(14)8-9-23-2/h10,13-14H,3-9,11H2,1-2H3/t13-,14+/m0/s1. The Kier molecular flexibility index (Phi) is 5.18. The van der Waals surface area contributed by atoms with Gasteiger partial charge in [-0.15, -0.1) is 0 Å². The summed E-state index contributed by atoms with van der Waals surface area (Å²) in [5.41, 5.74) is 0.707. The molecule has 2 atom stereocenters. The SMILES string of the molecule is COCCN1C(=O)CCC[C@H]2CN(C(=O)c3cc(C)no3)CC[C@H]21. The van der Waals surface area contributed by atoms with Crippen molar-refractivity contribution >= 4 is 11.8 Å². The monoisotopic (exact) mass is 335 g/mol. The Hall–Kier alpha value is -1.89. The van der Waals surface area contributed by atoms with Crippen molar-refractivity contribution in [1.82, 2.24) is 15.0 Å². The van der Waals surface area contributed by atoms with Gasteiger partial charge in [0.25, 0.3) is 5.91 Å². The minimum absolute atomic E-state index is 0.104. The van der Waals surface area contributed by atoms with Crippen molar-refractivity contribution in [3.63, 3.8) is 0 Å². The Balaban J connectivity index is 1.70. The Bertz CT molecular complexity index is 600. The highest BCUT2D eigenvalue weighted by molar-refractivity contribution is 5.91. The summed E-state index contributed by atoms with van der Waals surface area (Å²) in [6, 6.07) is 1.88. The molecule has 2 saturated heterocycles. The highest BCUT2D eigenvalue weighted by atomic mass is 16.5. The normalized spacial score (nSPS) is 24.7. The predicted molar refractivity (Wildman–Crippen MR) is 86.5 cm³/mol. The quantitative estimate of drug-likeness (QED) is 0.833. The van der Waals surface area contributed by atoms with Gasteiger partial charge < -0.3 is 19.1 Å². The number of carbonyl (C=O) groups excluding carboxylic acids is 2. The van der Waals surface area contributed by atoms with E-state index in [0.717, 1.165) is 19.3 Å². The van der Waals surface area contributed by atoms with Crippen LogP contribution < -0.4 is 0 Å². The van der Waals surface area contributed by atoms with Gasteiger partial charge in [0.05, 0.1) is 12.3 Å². The summed E-state index contributed by atoms with van der Waals surface area (Å²) in [4.78, 5) is 28.8. The molecule has 0 bridgehead atoms. The molecular weight excluding hydrogens is 310 g/mol. The van der Waals surface area contributed by atoms with E-state index in [2.05, 4.69) is 5.16 Å². The molecule has 1 aromatic rings. The van der Waals surface area contributed by atoms with Crippen LogP contribution in [0.2, 0.25) is 0 Å². The van der Waals surface area contributed by atoms with Crippen molar-refractivity contribution in [2.75, 3.05) is 33.4 Å². The lowest BCUT2D eigenvalue weighted by atomic mass is 9.88. The van der Waals surface area contributed by atoms with Gasteiger partial charge in [0, 0.05) is 45.3 Å². The maximum absolute atomic E-state index is 12.6. The Morgan fingerprint density at radius 1 is 1.46 bits per heavy atom. The smallest absolute Gasteiger partial charge is 0.292 e. The lowest BCUT2D eigenvalue weighted by Crippen LogP contribution is -2.53. The fraction of sp³-hybridized carbons (Fsp3) is 0.706. The molecule has 0 saturated carbocycles. The lowest BCUT2D eigenvalue weighted by Gasteiger charge is -2.42. The van der Waals surface area contributed by atoms with Crippen LogP contribution in [0.1, 0.15) is 41.9 Å². The van der Waals surface area contributed by atoms with Crippen LogP contribution in [0.3, 0.4) is 0 Å². The van der Waals surface area contributed by atoms with E-state index in [-0.39, 0.29) is 17.9 Å². The van der Waals surface area contributed by atoms with Crippen molar-refractivity contribution in [3.05, 3.63) is 17.5 Å². The molecule has 2 fully saturated rings. The van der Waals surface area contributed by atoms with Crippen LogP contribution in [0, 0.1) is 12.8 Å². The highest BCUT2D eigenvalue weighted by Crippen LogP contribution is 2.31. The fourth-order valence-electron chi connectivity index (χ4n) is 3.84. The van der Waals surface area contributed by atoms with E-state index in [4.69, 9.17) is 9.26 Å². The van der Waals surface area contributed by atoms with Gasteiger partial charge in [-0.05, 0) is 32.1 Å². The summed E-state index contributed by atoms with van der Waals surface area (Å²) in [5, 5.41) is 3.80. The summed E-state index contributed by atoms with van der Waals surface area (Å²) >= 11 is 0. The number of hydrogen-bond acceptors (Lipinski definition) is 5. The molecule has 0 unspecified atom stereocenters. The number of nitrogens with zero attached hydrogens (tertiary/aromatic N) is 3. The lowest BCUT2D eigenvalue weighted by molar-refractivity contribution is -0.135. The van der Waals surface area contributed by atoms with Crippen molar-refractivity contribution < 1.29 is 18.8 Å². The van der Waals surface area contributed by atoms with Gasteiger partial charge in [0.2, 0.25) is 11.7 Å². The van der Waals surface area contributed by atoms with Crippen molar-refractivity contribution in [2.24, 2.45) is 5.92 Å². The van der Waals surface area contributed by atoms with Gasteiger partial charge in [0.15, 0.2) is 0 Å². The molecule has 2 aliphatic rings. The van der Waals surface area contributed by atoms with E-state index in [1.165, 1.54) is 0 Å². The maximum atomic E-state index is 12.6. The zero-order valence-corrected chi connectivity index (χ0v) is 14.4. The molecule has 7 nitrogen and oxygen atoms in total. The van der Waals surface area contributed by atoms with E-state index in [9.17, 15) is 9.59 Å². The van der Waals surface area contributed by atoms with Crippen LogP contribution in [0.4, 0.5) is 0 Å². The Labute approximate surface area is 141 Å². The van der Waals surface area contributed by atoms with E-state index in [0.29, 0.717) is 50.0 Å². The minimum atomic E-state index is -0.104. The Morgan fingerprint density at radius 3 is 3.00 bits per heavy atom. The summed E-state index contributed by atoms with van der Waals surface area (Å²) in [7, 11) is 1.65. The van der Waals surface area contributed by atoms with Gasteiger partial charge in [-0.2, -0.15) is 0 Å². The number of likely N-dealkylation sites (tertiary alicyclic amines) is 2. The first kappa shape index (κ1) is 17.0. The first-order chi connectivity index (χ1) is 11.6. The molecule has 24 heavy (non-hydrogen) atoms. The van der Waals surface area contributed by atoms with Crippen molar-refractivity contribution in [1.29, 1.82) is 0 Å². The summed E-state index contributed by atoms with van der Waals surface area (Å²) in [5.74, 6) is 0.722. The number of hydrogen-bond donors (Lipinski definition) is 0. The van der Waals surface area contributed by atoms with E-state index in [1.807, 2.05) is 9.80 Å². The molecule has 2 aliphatic heterocycles. The molecule has 132 valence electrons. The first-order valence-corrected chi connectivity index (χ1v) is 8.61. The predicted octanol–water partition coefficient (Wildman–Crippen LogP) is 1.47. The number of aromatic nitrogens is 1. The molecule has 3 rings (SSSR count). The molecule has 0 aromatic carbocycles. The third-order valence-corrected chi connectivity index (χ3v) is 5.04. The van der Waals surface area contributed by atoms with Crippen LogP contribution in [0.5, 0.6) is 0 Å². The summed E-state index contributed by atoms with van der Waals surface area (Å²) < 4.78 is 10.3. The molecule has 0 radical (unpaired) electrons. The molecule has 3 heterocycles. The molecule has 0 N–H and O–H groups in total. The third-order valence-electron chi connectivity index (χ3n) is 5.04. The summed E-state index contributed by atoms with van der Waals surface area (Å²) in [6.07, 6.45) is 3.25. The maximum Gasteiger partial charge on any atom is 0.292 e. The molecular formula is C17H25N3O4. The van der Waals surface area contributed by atoms with Gasteiger partial charge in [-0.1, -0.05) is 5.16 Å². The largest absolute Gasteiger partial charge is 0.383 e. The van der Waals surface area contributed by atoms with Gasteiger partial charge >= 0.3 is 0 Å². The van der Waals surface area contributed by atoms with Crippen molar-refractivity contribution in [3.8, 4) is 0 Å². The van der Waals surface area contributed by atoms with E-state index < -0.39 is 0 Å². The number of aryl methyl sites for hydroxylation is 1. The molecule has 0 spiro atoms. The van der Waals surface area contributed by atoms with E-state index in [1.54, 1.807) is 20.1 Å². The number of methoxy groups -OCH3 is 1.